The number of hydrogen-bond donors (Lipinski definition) is 0. The molecule has 5 rings (SSSR count). The molecule has 1 aliphatic rings. The summed E-state index contributed by atoms with van der Waals surface area (Å²) in [5.41, 5.74) is 4.15. The van der Waals surface area contributed by atoms with Crippen LogP contribution < -0.4 is 4.90 Å². The van der Waals surface area contributed by atoms with Crippen LogP contribution in [0, 0.1) is 13.8 Å². The number of hydrogen-bond acceptors (Lipinski definition) is 6. The fourth-order valence-electron chi connectivity index (χ4n) is 4.15. The van der Waals surface area contributed by atoms with Crippen LogP contribution in [0.2, 0.25) is 5.02 Å². The molecule has 4 aromatic rings. The highest BCUT2D eigenvalue weighted by Crippen LogP contribution is 2.36. The molecule has 0 radical (unpaired) electrons. The summed E-state index contributed by atoms with van der Waals surface area (Å²) in [6.45, 7) is 8.34. The fraction of sp³-hybridized carbons (Fsp3) is 0.320. The van der Waals surface area contributed by atoms with Crippen LogP contribution in [-0.4, -0.2) is 65.0 Å². The number of thiazole rings is 1. The van der Waals surface area contributed by atoms with Crippen LogP contribution in [-0.2, 0) is 4.74 Å². The lowest BCUT2D eigenvalue weighted by atomic mass is 10.2. The summed E-state index contributed by atoms with van der Waals surface area (Å²) < 4.78 is 8.18. The monoisotopic (exact) mass is 531 g/mol. The second-order valence-electron chi connectivity index (χ2n) is 8.34. The number of benzene rings is 2. The Labute approximate surface area is 219 Å². The van der Waals surface area contributed by atoms with Gasteiger partial charge in [0.2, 0.25) is 0 Å². The number of nitrogens with zero attached hydrogens (tertiary/aromatic N) is 5. The zero-order valence-corrected chi connectivity index (χ0v) is 22.0. The van der Waals surface area contributed by atoms with Gasteiger partial charge in [-0.2, -0.15) is 5.10 Å². The highest BCUT2D eigenvalue weighted by molar-refractivity contribution is 7.23. The van der Waals surface area contributed by atoms with E-state index in [-0.39, 0.29) is 18.3 Å². The predicted molar refractivity (Wildman–Crippen MR) is 144 cm³/mol. The van der Waals surface area contributed by atoms with Crippen molar-refractivity contribution in [1.82, 2.24) is 19.7 Å². The number of carbonyl (C=O) groups is 1. The van der Waals surface area contributed by atoms with Crippen LogP contribution in [0.15, 0.2) is 48.7 Å². The quantitative estimate of drug-likeness (QED) is 0.344. The largest absolute Gasteiger partial charge is 0.379 e. The molecule has 0 aliphatic carbocycles. The summed E-state index contributed by atoms with van der Waals surface area (Å²) in [5.74, 6) is -0.110. The number of fused-ring (bicyclic) bond motifs is 1. The van der Waals surface area contributed by atoms with E-state index in [1.165, 1.54) is 11.3 Å². The second-order valence-corrected chi connectivity index (χ2v) is 9.72. The average molecular weight is 532 g/mol. The molecular weight excluding hydrogens is 505 g/mol. The second kappa shape index (κ2) is 11.1. The Bertz CT molecular complexity index is 1280. The Morgan fingerprint density at radius 1 is 1.14 bits per heavy atom. The third-order valence-corrected chi connectivity index (χ3v) is 7.69. The Morgan fingerprint density at radius 2 is 1.89 bits per heavy atom. The summed E-state index contributed by atoms with van der Waals surface area (Å²) in [7, 11) is 0. The lowest BCUT2D eigenvalue weighted by molar-refractivity contribution is 0.0391. The number of ether oxygens (including phenoxy) is 1. The molecule has 0 bridgehead atoms. The summed E-state index contributed by atoms with van der Waals surface area (Å²) in [6, 6.07) is 13.7. The fourth-order valence-corrected chi connectivity index (χ4v) is 5.49. The number of para-hydroxylation sites is 1. The zero-order chi connectivity index (χ0) is 23.7. The van der Waals surface area contributed by atoms with Gasteiger partial charge >= 0.3 is 0 Å². The van der Waals surface area contributed by atoms with Gasteiger partial charge in [0, 0.05) is 26.2 Å². The highest BCUT2D eigenvalue weighted by Gasteiger charge is 2.26. The maximum Gasteiger partial charge on any atom is 0.263 e. The average Bonchev–Trinajstić information content (AvgIpc) is 3.48. The highest BCUT2D eigenvalue weighted by atomic mass is 35.5. The molecule has 184 valence electrons. The van der Waals surface area contributed by atoms with Crippen LogP contribution in [0.5, 0.6) is 0 Å². The van der Waals surface area contributed by atoms with Crippen molar-refractivity contribution < 1.29 is 9.53 Å². The van der Waals surface area contributed by atoms with Gasteiger partial charge in [-0.3, -0.25) is 14.6 Å². The molecule has 0 N–H and O–H groups in total. The molecule has 2 aromatic heterocycles. The minimum absolute atomic E-state index is 0. The molecule has 0 atom stereocenters. The molecule has 1 fully saturated rings. The van der Waals surface area contributed by atoms with Gasteiger partial charge in [0.25, 0.3) is 5.91 Å². The number of aromatic nitrogens is 3. The van der Waals surface area contributed by atoms with Crippen molar-refractivity contribution in [1.29, 1.82) is 0 Å². The summed E-state index contributed by atoms with van der Waals surface area (Å²) in [5, 5.41) is 5.81. The number of carbonyl (C=O) groups excluding carboxylic acids is 1. The predicted octanol–water partition coefficient (Wildman–Crippen LogP) is 5.15. The molecule has 1 aliphatic heterocycles. The first kappa shape index (κ1) is 25.6. The van der Waals surface area contributed by atoms with Gasteiger partial charge in [-0.05, 0) is 37.6 Å². The number of anilines is 1. The number of morpholine rings is 1. The lowest BCUT2D eigenvalue weighted by Crippen LogP contribution is -2.43. The van der Waals surface area contributed by atoms with Crippen molar-refractivity contribution in [2.24, 2.45) is 0 Å². The van der Waals surface area contributed by atoms with Crippen LogP contribution in [0.3, 0.4) is 0 Å². The maximum absolute atomic E-state index is 13.9. The first-order chi connectivity index (χ1) is 16.5. The first-order valence-corrected chi connectivity index (χ1v) is 12.5. The molecule has 1 saturated heterocycles. The molecule has 35 heavy (non-hydrogen) atoms. The third-order valence-electron chi connectivity index (χ3n) is 6.15. The van der Waals surface area contributed by atoms with Crippen LogP contribution >= 0.6 is 35.3 Å². The number of halogens is 2. The van der Waals surface area contributed by atoms with Gasteiger partial charge < -0.3 is 4.74 Å². The van der Waals surface area contributed by atoms with Gasteiger partial charge in [-0.1, -0.05) is 47.2 Å². The SMILES string of the molecule is Cc1ccc(Cl)c2sc(N(CCN3CCOCC3)C(=O)c3cnn(-c4ccccc4)c3C)nc12.Cl. The van der Waals surface area contributed by atoms with E-state index < -0.39 is 0 Å². The van der Waals surface area contributed by atoms with Crippen LogP contribution in [0.25, 0.3) is 15.9 Å². The Morgan fingerprint density at radius 3 is 2.60 bits per heavy atom. The summed E-state index contributed by atoms with van der Waals surface area (Å²) in [6.07, 6.45) is 1.65. The van der Waals surface area contributed by atoms with E-state index >= 15 is 0 Å². The zero-order valence-electron chi connectivity index (χ0n) is 19.6. The Kier molecular flexibility index (Phi) is 8.09. The van der Waals surface area contributed by atoms with Crippen molar-refractivity contribution in [3.8, 4) is 5.69 Å². The standard InChI is InChI=1S/C25H26ClN5O2S.ClH/c1-17-8-9-21(26)23-22(17)28-25(34-23)30(11-10-29-12-14-33-15-13-29)24(32)20-16-27-31(18(20)2)19-6-4-3-5-7-19;/h3-9,16H,10-15H2,1-2H3;1H. The lowest BCUT2D eigenvalue weighted by Gasteiger charge is -2.29. The van der Waals surface area contributed by atoms with E-state index in [1.54, 1.807) is 15.8 Å². The summed E-state index contributed by atoms with van der Waals surface area (Å²) in [4.78, 5) is 22.8. The third kappa shape index (κ3) is 5.22. The minimum atomic E-state index is -0.110. The van der Waals surface area contributed by atoms with Crippen molar-refractivity contribution in [2.45, 2.75) is 13.8 Å². The van der Waals surface area contributed by atoms with Crippen molar-refractivity contribution >= 4 is 56.6 Å². The Balaban J connectivity index is 0.00000289. The number of aryl methyl sites for hydroxylation is 1. The van der Waals surface area contributed by atoms with Crippen molar-refractivity contribution in [2.75, 3.05) is 44.3 Å². The maximum atomic E-state index is 13.9. The smallest absolute Gasteiger partial charge is 0.263 e. The van der Waals surface area contributed by atoms with Crippen molar-refractivity contribution in [3.05, 3.63) is 70.5 Å². The molecule has 3 heterocycles. The molecular formula is C25H27Cl2N5O2S. The minimum Gasteiger partial charge on any atom is -0.379 e. The first-order valence-electron chi connectivity index (χ1n) is 11.3. The van der Waals surface area contributed by atoms with Gasteiger partial charge in [0.05, 0.1) is 51.6 Å². The van der Waals surface area contributed by atoms with Crippen molar-refractivity contribution in [3.63, 3.8) is 0 Å². The van der Waals surface area contributed by atoms with Gasteiger partial charge in [-0.25, -0.2) is 9.67 Å². The molecule has 0 unspecified atom stereocenters. The molecule has 7 nitrogen and oxygen atoms in total. The van der Waals surface area contributed by atoms with E-state index in [0.29, 0.717) is 35.5 Å². The molecule has 10 heteroatoms. The van der Waals surface area contributed by atoms with Crippen LogP contribution in [0.4, 0.5) is 5.13 Å². The number of amides is 1. The number of rotatable bonds is 6. The van der Waals surface area contributed by atoms with E-state index in [1.807, 2.05) is 56.3 Å². The molecule has 2 aromatic carbocycles. The van der Waals surface area contributed by atoms with E-state index in [9.17, 15) is 4.79 Å². The van der Waals surface area contributed by atoms with E-state index in [0.717, 1.165) is 46.8 Å². The van der Waals surface area contributed by atoms with Gasteiger partial charge in [0.1, 0.15) is 0 Å². The van der Waals surface area contributed by atoms with Gasteiger partial charge in [-0.15, -0.1) is 12.4 Å². The summed E-state index contributed by atoms with van der Waals surface area (Å²) >= 11 is 7.93. The Hall–Kier alpha value is -2.49. The molecule has 0 spiro atoms. The normalized spacial score (nSPS) is 14.1. The van der Waals surface area contributed by atoms with Crippen LogP contribution in [0.1, 0.15) is 21.6 Å². The van der Waals surface area contributed by atoms with E-state index in [4.69, 9.17) is 21.3 Å². The molecule has 1 amide bonds. The topological polar surface area (TPSA) is 63.5 Å². The molecule has 0 saturated carbocycles. The van der Waals surface area contributed by atoms with E-state index in [2.05, 4.69) is 10.00 Å². The van der Waals surface area contributed by atoms with Gasteiger partial charge in [0.15, 0.2) is 5.13 Å².